The first-order valence-electron chi connectivity index (χ1n) is 5.21. The van der Waals surface area contributed by atoms with Crippen LogP contribution in [0.25, 0.3) is 6.08 Å². The summed E-state index contributed by atoms with van der Waals surface area (Å²) >= 11 is 2.57. The van der Waals surface area contributed by atoms with Crippen LogP contribution < -0.4 is 0 Å². The fraction of sp³-hybridized carbons (Fsp3) is 0.0769. The van der Waals surface area contributed by atoms with E-state index >= 15 is 0 Å². The molecule has 92 valence electrons. The van der Waals surface area contributed by atoms with Crippen molar-refractivity contribution in [3.05, 3.63) is 54.0 Å². The van der Waals surface area contributed by atoms with Crippen molar-refractivity contribution in [1.29, 1.82) is 0 Å². The Morgan fingerprint density at radius 3 is 3.06 bits per heavy atom. The monoisotopic (exact) mass is 279 g/mol. The zero-order valence-corrected chi connectivity index (χ0v) is 11.1. The maximum atomic E-state index is 13.0. The minimum absolute atomic E-state index is 0.106. The van der Waals surface area contributed by atoms with Crippen molar-refractivity contribution in [2.45, 2.75) is 0 Å². The summed E-state index contributed by atoms with van der Waals surface area (Å²) in [5.74, 6) is 0.388. The van der Waals surface area contributed by atoms with Gasteiger partial charge in [-0.1, -0.05) is 30.0 Å². The molecule has 0 aromatic heterocycles. The van der Waals surface area contributed by atoms with E-state index in [9.17, 15) is 9.18 Å². The summed E-state index contributed by atoms with van der Waals surface area (Å²) in [5.41, 5.74) is 0.995. The molecule has 0 fully saturated rings. The van der Waals surface area contributed by atoms with E-state index in [-0.39, 0.29) is 10.9 Å². The van der Waals surface area contributed by atoms with Gasteiger partial charge in [-0.25, -0.2) is 9.38 Å². The average Bonchev–Trinajstić information content (AvgIpc) is 2.68. The van der Waals surface area contributed by atoms with Crippen LogP contribution in [-0.4, -0.2) is 15.2 Å². The standard InChI is InChI=1S/C13H10FNOS2/c1-2-6-17-13-15-11(12(16)18-13)8-9-4-3-5-10(14)7-9/h2-5,7-8H,1,6H2. The predicted octanol–water partition coefficient (Wildman–Crippen LogP) is 3.72. The highest BCUT2D eigenvalue weighted by atomic mass is 32.2. The Hall–Kier alpha value is -1.33. The van der Waals surface area contributed by atoms with Gasteiger partial charge in [0.15, 0.2) is 0 Å². The molecule has 0 atom stereocenters. The van der Waals surface area contributed by atoms with Gasteiger partial charge in [-0.2, -0.15) is 0 Å². The van der Waals surface area contributed by atoms with E-state index < -0.39 is 0 Å². The molecule has 1 heterocycles. The topological polar surface area (TPSA) is 29.4 Å². The largest absolute Gasteiger partial charge is 0.279 e. The summed E-state index contributed by atoms with van der Waals surface area (Å²) < 4.78 is 13.7. The van der Waals surface area contributed by atoms with Gasteiger partial charge in [0.1, 0.15) is 15.9 Å². The Labute approximate surface area is 113 Å². The van der Waals surface area contributed by atoms with Crippen molar-refractivity contribution in [3.8, 4) is 0 Å². The van der Waals surface area contributed by atoms with Gasteiger partial charge in [0.2, 0.25) is 5.12 Å². The minimum Gasteiger partial charge on any atom is -0.279 e. The molecule has 0 radical (unpaired) electrons. The second kappa shape index (κ2) is 6.02. The van der Waals surface area contributed by atoms with Crippen LogP contribution >= 0.6 is 23.5 Å². The van der Waals surface area contributed by atoms with E-state index in [2.05, 4.69) is 11.6 Å². The number of hydrogen-bond acceptors (Lipinski definition) is 4. The molecule has 18 heavy (non-hydrogen) atoms. The van der Waals surface area contributed by atoms with Crippen LogP contribution in [0.15, 0.2) is 47.6 Å². The van der Waals surface area contributed by atoms with Gasteiger partial charge in [0.05, 0.1) is 0 Å². The molecule has 0 unspecified atom stereocenters. The summed E-state index contributed by atoms with van der Waals surface area (Å²) in [6.45, 7) is 3.61. The number of benzene rings is 1. The fourth-order valence-electron chi connectivity index (χ4n) is 1.34. The van der Waals surface area contributed by atoms with Crippen molar-refractivity contribution < 1.29 is 9.18 Å². The van der Waals surface area contributed by atoms with Crippen molar-refractivity contribution >= 4 is 39.1 Å². The maximum absolute atomic E-state index is 13.0. The van der Waals surface area contributed by atoms with Crippen molar-refractivity contribution in [3.63, 3.8) is 0 Å². The Morgan fingerprint density at radius 2 is 2.33 bits per heavy atom. The lowest BCUT2D eigenvalue weighted by atomic mass is 10.2. The van der Waals surface area contributed by atoms with Crippen LogP contribution in [0.3, 0.4) is 0 Å². The molecule has 1 aromatic carbocycles. The highest BCUT2D eigenvalue weighted by molar-refractivity contribution is 8.45. The molecule has 0 aliphatic carbocycles. The molecule has 5 heteroatoms. The van der Waals surface area contributed by atoms with E-state index in [1.807, 2.05) is 0 Å². The first kappa shape index (κ1) is 13.1. The van der Waals surface area contributed by atoms with Crippen LogP contribution in [-0.2, 0) is 4.79 Å². The lowest BCUT2D eigenvalue weighted by Gasteiger charge is -1.94. The second-order valence-corrected chi connectivity index (χ2v) is 5.68. The summed E-state index contributed by atoms with van der Waals surface area (Å²) in [4.78, 5) is 15.9. The Morgan fingerprint density at radius 1 is 1.50 bits per heavy atom. The van der Waals surface area contributed by atoms with Gasteiger partial charge in [0, 0.05) is 5.75 Å². The Bertz CT molecular complexity index is 552. The van der Waals surface area contributed by atoms with Gasteiger partial charge in [-0.15, -0.1) is 6.58 Å². The van der Waals surface area contributed by atoms with Crippen LogP contribution in [0.5, 0.6) is 0 Å². The van der Waals surface area contributed by atoms with E-state index in [0.717, 1.165) is 11.8 Å². The lowest BCUT2D eigenvalue weighted by Crippen LogP contribution is -1.88. The third kappa shape index (κ3) is 3.34. The van der Waals surface area contributed by atoms with Crippen LogP contribution in [0.1, 0.15) is 5.56 Å². The summed E-state index contributed by atoms with van der Waals surface area (Å²) in [7, 11) is 0. The first-order valence-corrected chi connectivity index (χ1v) is 7.01. The molecule has 1 aliphatic heterocycles. The summed E-state index contributed by atoms with van der Waals surface area (Å²) in [6.07, 6.45) is 3.35. The van der Waals surface area contributed by atoms with Crippen molar-refractivity contribution in [1.82, 2.24) is 0 Å². The molecule has 0 saturated heterocycles. The third-order valence-corrected chi connectivity index (χ3v) is 4.08. The average molecular weight is 279 g/mol. The van der Waals surface area contributed by atoms with Gasteiger partial charge in [-0.3, -0.25) is 4.79 Å². The number of rotatable bonds is 3. The summed E-state index contributed by atoms with van der Waals surface area (Å²) in [5, 5.41) is -0.106. The molecule has 2 nitrogen and oxygen atoms in total. The molecule has 0 N–H and O–H groups in total. The fourth-order valence-corrected chi connectivity index (χ4v) is 2.94. The number of hydrogen-bond donors (Lipinski definition) is 0. The van der Waals surface area contributed by atoms with E-state index in [0.29, 0.717) is 21.4 Å². The zero-order chi connectivity index (χ0) is 13.0. The first-order chi connectivity index (χ1) is 8.69. The molecule has 1 aromatic rings. The van der Waals surface area contributed by atoms with Gasteiger partial charge < -0.3 is 0 Å². The number of carbonyl (C=O) groups is 1. The SMILES string of the molecule is C=CCSC1=NC(=Cc2cccc(F)c2)C(=O)S1. The van der Waals surface area contributed by atoms with Crippen LogP contribution in [0.2, 0.25) is 0 Å². The van der Waals surface area contributed by atoms with Gasteiger partial charge >= 0.3 is 0 Å². The second-order valence-electron chi connectivity index (χ2n) is 3.45. The Balaban J connectivity index is 2.19. The normalized spacial score (nSPS) is 17.1. The molecule has 0 amide bonds. The number of nitrogens with zero attached hydrogens (tertiary/aromatic N) is 1. The van der Waals surface area contributed by atoms with E-state index in [1.165, 1.54) is 23.9 Å². The van der Waals surface area contributed by atoms with Crippen molar-refractivity contribution in [2.24, 2.45) is 4.99 Å². The number of halogens is 1. The Kier molecular flexibility index (Phi) is 4.38. The molecule has 0 bridgehead atoms. The molecule has 1 aliphatic rings. The smallest absolute Gasteiger partial charge is 0.244 e. The predicted molar refractivity (Wildman–Crippen MR) is 77.1 cm³/mol. The highest BCUT2D eigenvalue weighted by Gasteiger charge is 2.21. The molecule has 0 spiro atoms. The highest BCUT2D eigenvalue weighted by Crippen LogP contribution is 2.30. The number of aliphatic imine (C=N–C) groups is 1. The van der Waals surface area contributed by atoms with E-state index in [1.54, 1.807) is 24.3 Å². The number of carbonyl (C=O) groups excluding carboxylic acids is 1. The van der Waals surface area contributed by atoms with Gasteiger partial charge in [-0.05, 0) is 35.5 Å². The molecule has 0 saturated carbocycles. The minimum atomic E-state index is -0.326. The lowest BCUT2D eigenvalue weighted by molar-refractivity contribution is -0.107. The third-order valence-electron chi connectivity index (χ3n) is 2.08. The molecule has 2 rings (SSSR count). The van der Waals surface area contributed by atoms with Crippen LogP contribution in [0.4, 0.5) is 4.39 Å². The number of thioether (sulfide) groups is 2. The summed E-state index contributed by atoms with van der Waals surface area (Å²) in [6, 6.07) is 6.07. The van der Waals surface area contributed by atoms with Crippen molar-refractivity contribution in [2.75, 3.05) is 5.75 Å². The molecular formula is C13H10FNOS2. The zero-order valence-electron chi connectivity index (χ0n) is 9.43. The van der Waals surface area contributed by atoms with E-state index in [4.69, 9.17) is 0 Å². The molecular weight excluding hydrogens is 269 g/mol. The van der Waals surface area contributed by atoms with Gasteiger partial charge in [0.25, 0.3) is 0 Å². The quantitative estimate of drug-likeness (QED) is 0.624. The van der Waals surface area contributed by atoms with Crippen LogP contribution in [0, 0.1) is 5.82 Å². The maximum Gasteiger partial charge on any atom is 0.244 e.